The number of hydrogen-bond acceptors (Lipinski definition) is 2. The number of aromatic nitrogens is 1. The molecule has 0 N–H and O–H groups in total. The van der Waals surface area contributed by atoms with Gasteiger partial charge in [0.05, 0.1) is 0 Å². The molecule has 0 amide bonds. The van der Waals surface area contributed by atoms with Crippen molar-refractivity contribution < 1.29 is 4.39 Å². The van der Waals surface area contributed by atoms with Gasteiger partial charge in [0.2, 0.25) is 5.13 Å². The smallest absolute Gasteiger partial charge is 0.207 e. The molecule has 0 bridgehead atoms. The van der Waals surface area contributed by atoms with E-state index < -0.39 is 0 Å². The standard InChI is InChI=1S/C3BrFNS/c4-3-6-1-2(5)7-3. The first-order chi connectivity index (χ1) is 3.29. The van der Waals surface area contributed by atoms with E-state index >= 15 is 0 Å². The second kappa shape index (κ2) is 1.88. The first-order valence-electron chi connectivity index (χ1n) is 1.48. The van der Waals surface area contributed by atoms with Gasteiger partial charge >= 0.3 is 0 Å². The normalized spacial score (nSPS) is 9.43. The predicted octanol–water partition coefficient (Wildman–Crippen LogP) is 1.84. The van der Waals surface area contributed by atoms with Crippen molar-refractivity contribution in [3.63, 3.8) is 0 Å². The van der Waals surface area contributed by atoms with E-state index in [0.29, 0.717) is 3.92 Å². The van der Waals surface area contributed by atoms with E-state index in [0.717, 1.165) is 11.3 Å². The highest BCUT2D eigenvalue weighted by Gasteiger charge is 1.93. The molecule has 1 rings (SSSR count). The van der Waals surface area contributed by atoms with Crippen LogP contribution in [0.1, 0.15) is 0 Å². The Morgan fingerprint density at radius 1 is 1.86 bits per heavy atom. The lowest BCUT2D eigenvalue weighted by Crippen LogP contribution is -1.53. The van der Waals surface area contributed by atoms with Crippen LogP contribution in [-0.4, -0.2) is 4.98 Å². The molecule has 0 aliphatic carbocycles. The fourth-order valence-electron chi connectivity index (χ4n) is 0.207. The largest absolute Gasteiger partial charge is 0.224 e. The third-order valence-electron chi connectivity index (χ3n) is 0.406. The van der Waals surface area contributed by atoms with Crippen molar-refractivity contribution in [2.24, 2.45) is 0 Å². The van der Waals surface area contributed by atoms with Crippen molar-refractivity contribution in [2.75, 3.05) is 0 Å². The SMILES string of the molecule is Fc1[c]nc(Br)s1. The van der Waals surface area contributed by atoms with Gasteiger partial charge in [-0.1, -0.05) is 11.3 Å². The maximum absolute atomic E-state index is 11.8. The van der Waals surface area contributed by atoms with Crippen LogP contribution in [0.4, 0.5) is 4.39 Å². The molecule has 0 spiro atoms. The summed E-state index contributed by atoms with van der Waals surface area (Å²) in [4.78, 5) is 3.45. The Balaban J connectivity index is 3.04. The van der Waals surface area contributed by atoms with Crippen LogP contribution in [0.2, 0.25) is 0 Å². The molecule has 0 saturated carbocycles. The Labute approximate surface area is 52.3 Å². The molecule has 0 unspecified atom stereocenters. The minimum Gasteiger partial charge on any atom is -0.224 e. The number of thiazole rings is 1. The maximum Gasteiger partial charge on any atom is 0.207 e. The second-order valence-electron chi connectivity index (χ2n) is 0.852. The summed E-state index contributed by atoms with van der Waals surface area (Å²) in [6.07, 6.45) is 2.12. The van der Waals surface area contributed by atoms with Crippen LogP contribution >= 0.6 is 27.3 Å². The molecule has 1 aromatic heterocycles. The Morgan fingerprint density at radius 3 is 2.71 bits per heavy atom. The highest BCUT2D eigenvalue weighted by Crippen LogP contribution is 2.15. The number of halogens is 2. The molecule has 0 aliphatic heterocycles. The van der Waals surface area contributed by atoms with Crippen molar-refractivity contribution >= 4 is 27.3 Å². The molecule has 4 heteroatoms. The first-order valence-corrected chi connectivity index (χ1v) is 3.09. The van der Waals surface area contributed by atoms with Crippen LogP contribution in [0.3, 0.4) is 0 Å². The molecular weight excluding hydrogens is 181 g/mol. The zero-order chi connectivity index (χ0) is 5.28. The Hall–Kier alpha value is 0.0400. The highest BCUT2D eigenvalue weighted by molar-refractivity contribution is 9.11. The van der Waals surface area contributed by atoms with Gasteiger partial charge in [-0.15, -0.1) is 0 Å². The summed E-state index contributed by atoms with van der Waals surface area (Å²) in [5.41, 5.74) is 0. The second-order valence-corrected chi connectivity index (χ2v) is 3.08. The lowest BCUT2D eigenvalue weighted by molar-refractivity contribution is 0.651. The molecule has 7 heavy (non-hydrogen) atoms. The van der Waals surface area contributed by atoms with E-state index in [9.17, 15) is 4.39 Å². The summed E-state index contributed by atoms with van der Waals surface area (Å²) >= 11 is 3.89. The molecule has 0 atom stereocenters. The number of rotatable bonds is 0. The van der Waals surface area contributed by atoms with Gasteiger partial charge < -0.3 is 0 Å². The molecule has 1 aromatic rings. The van der Waals surface area contributed by atoms with E-state index in [2.05, 4.69) is 27.1 Å². The molecule has 1 heterocycles. The summed E-state index contributed by atoms with van der Waals surface area (Å²) in [5, 5.41) is -0.383. The van der Waals surface area contributed by atoms with Crippen LogP contribution in [-0.2, 0) is 0 Å². The van der Waals surface area contributed by atoms with Crippen molar-refractivity contribution in [3.8, 4) is 0 Å². The fourth-order valence-corrected chi connectivity index (χ4v) is 1.05. The van der Waals surface area contributed by atoms with Crippen LogP contribution in [0.25, 0.3) is 0 Å². The van der Waals surface area contributed by atoms with E-state index in [-0.39, 0.29) is 5.13 Å². The lowest BCUT2D eigenvalue weighted by atomic mass is 11.0. The maximum atomic E-state index is 11.8. The highest BCUT2D eigenvalue weighted by atomic mass is 79.9. The monoisotopic (exact) mass is 180 g/mol. The third-order valence-corrected chi connectivity index (χ3v) is 1.60. The van der Waals surface area contributed by atoms with Crippen LogP contribution in [0.15, 0.2) is 3.92 Å². The van der Waals surface area contributed by atoms with Gasteiger partial charge in [-0.25, -0.2) is 4.98 Å². The van der Waals surface area contributed by atoms with Crippen LogP contribution in [0, 0.1) is 11.3 Å². The average molecular weight is 181 g/mol. The number of nitrogens with zero attached hydrogens (tertiary/aromatic N) is 1. The molecule has 0 aliphatic rings. The predicted molar refractivity (Wildman–Crippen MR) is 28.6 cm³/mol. The van der Waals surface area contributed by atoms with E-state index in [1.807, 2.05) is 0 Å². The zero-order valence-corrected chi connectivity index (χ0v) is 5.51. The van der Waals surface area contributed by atoms with E-state index in [4.69, 9.17) is 0 Å². The summed E-state index contributed by atoms with van der Waals surface area (Å²) < 4.78 is 12.3. The minimum atomic E-state index is -0.383. The van der Waals surface area contributed by atoms with Gasteiger partial charge in [0.1, 0.15) is 6.20 Å². The van der Waals surface area contributed by atoms with E-state index in [1.165, 1.54) is 0 Å². The number of hydrogen-bond donors (Lipinski definition) is 0. The molecule has 1 nitrogen and oxygen atoms in total. The zero-order valence-electron chi connectivity index (χ0n) is 3.11. The van der Waals surface area contributed by atoms with Crippen molar-refractivity contribution in [1.29, 1.82) is 0 Å². The summed E-state index contributed by atoms with van der Waals surface area (Å²) in [5.74, 6) is 0. The Morgan fingerprint density at radius 2 is 2.57 bits per heavy atom. The van der Waals surface area contributed by atoms with Crippen LogP contribution in [0.5, 0.6) is 0 Å². The topological polar surface area (TPSA) is 12.9 Å². The van der Waals surface area contributed by atoms with Gasteiger partial charge in [-0.2, -0.15) is 4.39 Å². The van der Waals surface area contributed by atoms with Crippen molar-refractivity contribution in [1.82, 2.24) is 4.98 Å². The van der Waals surface area contributed by atoms with Crippen molar-refractivity contribution in [2.45, 2.75) is 0 Å². The quantitative estimate of drug-likeness (QED) is 0.595. The summed E-state index contributed by atoms with van der Waals surface area (Å²) in [6, 6.07) is 0. The molecule has 37 valence electrons. The Kier molecular flexibility index (Phi) is 1.39. The molecular formula is C3BrFNS. The van der Waals surface area contributed by atoms with Gasteiger partial charge in [0.25, 0.3) is 0 Å². The van der Waals surface area contributed by atoms with E-state index in [1.54, 1.807) is 0 Å². The first kappa shape index (κ1) is 5.18. The average Bonchev–Trinajstić information content (AvgIpc) is 1.87. The van der Waals surface area contributed by atoms with Crippen molar-refractivity contribution in [3.05, 3.63) is 15.2 Å². The van der Waals surface area contributed by atoms with Gasteiger partial charge in [0, 0.05) is 0 Å². The molecule has 1 radical (unpaired) electrons. The summed E-state index contributed by atoms with van der Waals surface area (Å²) in [7, 11) is 0. The van der Waals surface area contributed by atoms with Gasteiger partial charge in [-0.3, -0.25) is 0 Å². The van der Waals surface area contributed by atoms with Crippen LogP contribution < -0.4 is 0 Å². The Bertz CT molecular complexity index is 147. The fraction of sp³-hybridized carbons (Fsp3) is 0. The van der Waals surface area contributed by atoms with Gasteiger partial charge in [0.15, 0.2) is 3.92 Å². The van der Waals surface area contributed by atoms with Gasteiger partial charge in [-0.05, 0) is 15.9 Å². The minimum absolute atomic E-state index is 0.383. The third kappa shape index (κ3) is 1.21. The molecule has 0 fully saturated rings. The molecule has 0 saturated heterocycles. The molecule has 0 aromatic carbocycles. The lowest BCUT2D eigenvalue weighted by Gasteiger charge is -1.63. The summed E-state index contributed by atoms with van der Waals surface area (Å²) in [6.45, 7) is 0.